The van der Waals surface area contributed by atoms with Gasteiger partial charge in [-0.05, 0) is 36.0 Å². The minimum absolute atomic E-state index is 0.0246. The number of carboxylic acid groups (broad SMARTS) is 1. The summed E-state index contributed by atoms with van der Waals surface area (Å²) in [6, 6.07) is 4.59. The van der Waals surface area contributed by atoms with Crippen LogP contribution in [-0.4, -0.2) is 21.0 Å². The van der Waals surface area contributed by atoms with E-state index in [-0.39, 0.29) is 21.5 Å². The Morgan fingerprint density at radius 1 is 1.53 bits per heavy atom. The fourth-order valence-electron chi connectivity index (χ4n) is 1.37. The van der Waals surface area contributed by atoms with Crippen LogP contribution < -0.4 is 4.74 Å². The Morgan fingerprint density at radius 3 is 2.84 bits per heavy atom. The lowest BCUT2D eigenvalue weighted by molar-refractivity contribution is -0.380. The van der Waals surface area contributed by atoms with E-state index in [9.17, 15) is 14.9 Å². The second kappa shape index (κ2) is 5.02. The first-order chi connectivity index (χ1) is 8.97. The normalized spacial score (nSPS) is 10.2. The number of aryl methyl sites for hydroxylation is 1. The van der Waals surface area contributed by atoms with Gasteiger partial charge in [-0.25, -0.2) is 9.78 Å². The summed E-state index contributed by atoms with van der Waals surface area (Å²) in [5, 5.41) is 19.4. The Labute approximate surface area is 111 Å². The molecular weight excluding hydrogens is 272 g/mol. The maximum absolute atomic E-state index is 11.0. The average Bonchev–Trinajstić information content (AvgIpc) is 2.77. The molecule has 1 N–H and O–H groups in total. The number of carboxylic acids is 1. The molecule has 0 radical (unpaired) electrons. The summed E-state index contributed by atoms with van der Waals surface area (Å²) in [4.78, 5) is 24.7. The van der Waals surface area contributed by atoms with E-state index in [0.29, 0.717) is 0 Å². The van der Waals surface area contributed by atoms with Crippen molar-refractivity contribution in [2.45, 2.75) is 6.92 Å². The molecule has 2 aromatic rings. The van der Waals surface area contributed by atoms with E-state index in [1.165, 1.54) is 12.1 Å². The third kappa shape index (κ3) is 2.86. The molecule has 0 aliphatic rings. The first-order valence-corrected chi connectivity index (χ1v) is 5.91. The number of aromatic nitrogens is 1. The lowest BCUT2D eigenvalue weighted by Crippen LogP contribution is -2.00. The first kappa shape index (κ1) is 13.0. The molecule has 0 saturated heterocycles. The largest absolute Gasteiger partial charge is 0.478 e. The van der Waals surface area contributed by atoms with Crippen molar-refractivity contribution in [3.63, 3.8) is 0 Å². The molecule has 0 aliphatic heterocycles. The van der Waals surface area contributed by atoms with Gasteiger partial charge in [-0.3, -0.25) is 10.1 Å². The highest BCUT2D eigenvalue weighted by atomic mass is 32.1. The number of hydrogen-bond donors (Lipinski definition) is 1. The Morgan fingerprint density at radius 2 is 2.26 bits per heavy atom. The van der Waals surface area contributed by atoms with Crippen LogP contribution in [0.25, 0.3) is 0 Å². The Bertz CT molecular complexity index is 652. The number of nitro groups is 1. The van der Waals surface area contributed by atoms with Gasteiger partial charge in [-0.15, -0.1) is 0 Å². The quantitative estimate of drug-likeness (QED) is 0.682. The SMILES string of the molecule is Cc1ccc(C(=O)O)c(Oc2ncc([N+](=O)[O-])s2)c1. The van der Waals surface area contributed by atoms with Crippen LogP contribution in [0.5, 0.6) is 10.9 Å². The molecule has 0 atom stereocenters. The molecule has 0 unspecified atom stereocenters. The van der Waals surface area contributed by atoms with Crippen molar-refractivity contribution in [1.82, 2.24) is 4.98 Å². The van der Waals surface area contributed by atoms with Crippen LogP contribution in [0.3, 0.4) is 0 Å². The fraction of sp³-hybridized carbons (Fsp3) is 0.0909. The topological polar surface area (TPSA) is 103 Å². The van der Waals surface area contributed by atoms with E-state index in [0.717, 1.165) is 23.1 Å². The molecule has 1 aromatic heterocycles. The summed E-state index contributed by atoms with van der Waals surface area (Å²) >= 11 is 0.737. The van der Waals surface area contributed by atoms with Gasteiger partial charge in [-0.1, -0.05) is 6.07 Å². The maximum Gasteiger partial charge on any atom is 0.347 e. The summed E-state index contributed by atoms with van der Waals surface area (Å²) in [6.07, 6.45) is 1.07. The third-order valence-electron chi connectivity index (χ3n) is 2.22. The average molecular weight is 280 g/mol. The highest BCUT2D eigenvalue weighted by Gasteiger charge is 2.16. The number of aromatic carboxylic acids is 1. The van der Waals surface area contributed by atoms with Crippen LogP contribution in [0.2, 0.25) is 0 Å². The van der Waals surface area contributed by atoms with Crippen LogP contribution >= 0.6 is 11.3 Å². The molecule has 19 heavy (non-hydrogen) atoms. The van der Waals surface area contributed by atoms with Crippen molar-refractivity contribution >= 4 is 22.3 Å². The molecular formula is C11H8N2O5S. The molecule has 0 fully saturated rings. The summed E-state index contributed by atoms with van der Waals surface area (Å²) in [6.45, 7) is 1.78. The van der Waals surface area contributed by atoms with E-state index < -0.39 is 10.9 Å². The molecule has 0 saturated carbocycles. The van der Waals surface area contributed by atoms with Crippen molar-refractivity contribution in [2.75, 3.05) is 0 Å². The number of rotatable bonds is 4. The molecule has 2 rings (SSSR count). The zero-order valence-corrected chi connectivity index (χ0v) is 10.5. The van der Waals surface area contributed by atoms with Gasteiger partial charge in [0.2, 0.25) is 0 Å². The van der Waals surface area contributed by atoms with Gasteiger partial charge in [0.1, 0.15) is 17.5 Å². The first-order valence-electron chi connectivity index (χ1n) is 5.09. The molecule has 0 bridgehead atoms. The van der Waals surface area contributed by atoms with Crippen molar-refractivity contribution in [2.24, 2.45) is 0 Å². The zero-order valence-electron chi connectivity index (χ0n) is 9.69. The lowest BCUT2D eigenvalue weighted by Gasteiger charge is -2.06. The van der Waals surface area contributed by atoms with E-state index in [1.807, 2.05) is 0 Å². The summed E-state index contributed by atoms with van der Waals surface area (Å²) < 4.78 is 5.30. The van der Waals surface area contributed by atoms with Crippen molar-refractivity contribution in [3.05, 3.63) is 45.6 Å². The number of benzene rings is 1. The van der Waals surface area contributed by atoms with Crippen LogP contribution in [0, 0.1) is 17.0 Å². The van der Waals surface area contributed by atoms with Crippen molar-refractivity contribution in [1.29, 1.82) is 0 Å². The standard InChI is InChI=1S/C11H8N2O5S/c1-6-2-3-7(10(14)15)8(4-6)18-11-12-5-9(19-11)13(16)17/h2-5H,1H3,(H,14,15). The Hall–Kier alpha value is -2.48. The lowest BCUT2D eigenvalue weighted by atomic mass is 10.1. The number of carbonyl (C=O) groups is 1. The minimum atomic E-state index is -1.14. The zero-order chi connectivity index (χ0) is 14.0. The van der Waals surface area contributed by atoms with Crippen LogP contribution in [0.1, 0.15) is 15.9 Å². The van der Waals surface area contributed by atoms with Crippen LogP contribution in [0.15, 0.2) is 24.4 Å². The van der Waals surface area contributed by atoms with Gasteiger partial charge in [0, 0.05) is 0 Å². The number of hydrogen-bond acceptors (Lipinski definition) is 6. The Balaban J connectivity index is 2.33. The predicted octanol–water partition coefficient (Wildman–Crippen LogP) is 2.85. The second-order valence-electron chi connectivity index (χ2n) is 3.63. The molecule has 0 spiro atoms. The van der Waals surface area contributed by atoms with Gasteiger partial charge in [-0.2, -0.15) is 0 Å². The monoisotopic (exact) mass is 280 g/mol. The van der Waals surface area contributed by atoms with Gasteiger partial charge >= 0.3 is 11.0 Å². The number of thiazole rings is 1. The summed E-state index contributed by atoms with van der Waals surface area (Å²) in [5.41, 5.74) is 0.787. The number of ether oxygens (including phenoxy) is 1. The Kier molecular flexibility index (Phi) is 3.43. The molecule has 0 amide bonds. The molecule has 1 heterocycles. The van der Waals surface area contributed by atoms with E-state index in [1.54, 1.807) is 13.0 Å². The van der Waals surface area contributed by atoms with Crippen LogP contribution in [0.4, 0.5) is 5.00 Å². The second-order valence-corrected chi connectivity index (χ2v) is 4.60. The predicted molar refractivity (Wildman–Crippen MR) is 67.0 cm³/mol. The smallest absolute Gasteiger partial charge is 0.347 e. The van der Waals surface area contributed by atoms with Gasteiger partial charge < -0.3 is 9.84 Å². The van der Waals surface area contributed by atoms with Gasteiger partial charge in [0.15, 0.2) is 0 Å². The molecule has 98 valence electrons. The van der Waals surface area contributed by atoms with E-state index in [4.69, 9.17) is 9.84 Å². The molecule has 0 aliphatic carbocycles. The van der Waals surface area contributed by atoms with Crippen LogP contribution in [-0.2, 0) is 0 Å². The summed E-state index contributed by atoms with van der Waals surface area (Å²) in [7, 11) is 0. The fourth-order valence-corrected chi connectivity index (χ4v) is 1.96. The van der Waals surface area contributed by atoms with Crippen molar-refractivity contribution < 1.29 is 19.6 Å². The molecule has 7 nitrogen and oxygen atoms in total. The van der Waals surface area contributed by atoms with Crippen molar-refractivity contribution in [3.8, 4) is 10.9 Å². The highest BCUT2D eigenvalue weighted by Crippen LogP contribution is 2.32. The molecule has 8 heteroatoms. The minimum Gasteiger partial charge on any atom is -0.478 e. The highest BCUT2D eigenvalue weighted by molar-refractivity contribution is 7.16. The van der Waals surface area contributed by atoms with E-state index in [2.05, 4.69) is 4.98 Å². The number of nitrogens with zero attached hydrogens (tertiary/aromatic N) is 2. The summed E-state index contributed by atoms with van der Waals surface area (Å²) in [5.74, 6) is -1.03. The third-order valence-corrected chi connectivity index (χ3v) is 3.04. The van der Waals surface area contributed by atoms with Gasteiger partial charge in [0.05, 0.1) is 4.92 Å². The molecule has 1 aromatic carbocycles. The maximum atomic E-state index is 11.0. The van der Waals surface area contributed by atoms with E-state index >= 15 is 0 Å². The van der Waals surface area contributed by atoms with Gasteiger partial charge in [0.25, 0.3) is 5.19 Å².